The molecule has 0 aliphatic carbocycles. The number of carbonyl (C=O) groups is 1. The molecule has 3 rings (SSSR count). The van der Waals surface area contributed by atoms with Crippen LogP contribution in [0, 0.1) is 0 Å². The van der Waals surface area contributed by atoms with Gasteiger partial charge in [0.05, 0.1) is 0 Å². The Morgan fingerprint density at radius 1 is 1.00 bits per heavy atom. The fraction of sp³-hybridized carbons (Fsp3) is 0.125. The zero-order valence-electron chi connectivity index (χ0n) is 10.8. The number of para-hydroxylation sites is 1. The number of nitrogens with zero attached hydrogens (tertiary/aromatic N) is 2. The first-order valence-electron chi connectivity index (χ1n) is 6.43. The van der Waals surface area contributed by atoms with E-state index in [2.05, 4.69) is 21.0 Å². The SMILES string of the molecule is O=C1C(Cc2ccccc2)N=C([Se])N1c1ccccc1. The number of benzene rings is 2. The minimum absolute atomic E-state index is 0.0220. The summed E-state index contributed by atoms with van der Waals surface area (Å²) in [6.07, 6.45) is 0.633. The Kier molecular flexibility index (Phi) is 3.68. The van der Waals surface area contributed by atoms with Gasteiger partial charge in [-0.25, -0.2) is 0 Å². The van der Waals surface area contributed by atoms with Crippen LogP contribution in [0.4, 0.5) is 5.69 Å². The van der Waals surface area contributed by atoms with E-state index in [4.69, 9.17) is 0 Å². The van der Waals surface area contributed by atoms with Gasteiger partial charge in [0.2, 0.25) is 0 Å². The molecule has 0 fully saturated rings. The Bertz CT molecular complexity index is 640. The van der Waals surface area contributed by atoms with Crippen LogP contribution in [0.15, 0.2) is 65.7 Å². The molecule has 3 nitrogen and oxygen atoms in total. The van der Waals surface area contributed by atoms with E-state index in [1.54, 1.807) is 4.90 Å². The summed E-state index contributed by atoms with van der Waals surface area (Å²) in [6.45, 7) is 0. The van der Waals surface area contributed by atoms with Crippen LogP contribution in [-0.2, 0) is 11.2 Å². The quantitative estimate of drug-likeness (QED) is 0.795. The van der Waals surface area contributed by atoms with Gasteiger partial charge in [-0.1, -0.05) is 0 Å². The number of anilines is 1. The Balaban J connectivity index is 1.82. The Labute approximate surface area is 126 Å². The third-order valence-corrected chi connectivity index (χ3v) is 3.85. The monoisotopic (exact) mass is 329 g/mol. The van der Waals surface area contributed by atoms with Gasteiger partial charge in [-0.2, -0.15) is 0 Å². The summed E-state index contributed by atoms with van der Waals surface area (Å²) in [5.74, 6) is 0.0220. The second kappa shape index (κ2) is 5.61. The van der Waals surface area contributed by atoms with Crippen LogP contribution in [0.1, 0.15) is 5.56 Å². The van der Waals surface area contributed by atoms with E-state index >= 15 is 0 Å². The molecule has 1 aliphatic rings. The average molecular weight is 328 g/mol. The molecule has 4 heteroatoms. The summed E-state index contributed by atoms with van der Waals surface area (Å²) in [6, 6.07) is 19.2. The van der Waals surface area contributed by atoms with Crippen molar-refractivity contribution in [3.8, 4) is 0 Å². The van der Waals surface area contributed by atoms with Gasteiger partial charge in [-0.05, 0) is 0 Å². The molecule has 0 saturated heterocycles. The summed E-state index contributed by atoms with van der Waals surface area (Å²) >= 11 is 2.89. The fourth-order valence-electron chi connectivity index (χ4n) is 2.27. The van der Waals surface area contributed by atoms with E-state index in [9.17, 15) is 4.79 Å². The van der Waals surface area contributed by atoms with Gasteiger partial charge in [0.25, 0.3) is 0 Å². The summed E-state index contributed by atoms with van der Waals surface area (Å²) in [5.41, 5.74) is 1.97. The summed E-state index contributed by atoms with van der Waals surface area (Å²) in [5, 5.41) is 0. The number of carbonyl (C=O) groups excluding carboxylic acids is 1. The third kappa shape index (κ3) is 2.53. The molecule has 1 atom stereocenters. The van der Waals surface area contributed by atoms with Crippen molar-refractivity contribution in [2.24, 2.45) is 4.99 Å². The van der Waals surface area contributed by atoms with E-state index in [-0.39, 0.29) is 11.9 Å². The Morgan fingerprint density at radius 2 is 1.60 bits per heavy atom. The predicted octanol–water partition coefficient (Wildman–Crippen LogP) is 2.17. The van der Waals surface area contributed by atoms with E-state index in [1.807, 2.05) is 60.7 Å². The minimum atomic E-state index is -0.339. The number of hydrogen-bond acceptors (Lipinski definition) is 2. The maximum atomic E-state index is 12.5. The molecule has 0 spiro atoms. The van der Waals surface area contributed by atoms with Gasteiger partial charge in [0.15, 0.2) is 0 Å². The first kappa shape index (κ1) is 13.1. The zero-order chi connectivity index (χ0) is 13.9. The van der Waals surface area contributed by atoms with Crippen LogP contribution in [-0.4, -0.2) is 32.7 Å². The summed E-state index contributed by atoms with van der Waals surface area (Å²) in [7, 11) is 0. The molecule has 1 amide bonds. The summed E-state index contributed by atoms with van der Waals surface area (Å²) < 4.78 is 0.641. The van der Waals surface area contributed by atoms with Crippen LogP contribution < -0.4 is 4.90 Å². The number of amides is 1. The van der Waals surface area contributed by atoms with Crippen LogP contribution in [0.2, 0.25) is 0 Å². The molecular weight excluding hydrogens is 315 g/mol. The molecule has 0 saturated carbocycles. The second-order valence-electron chi connectivity index (χ2n) is 4.63. The molecule has 1 radical (unpaired) electrons. The molecule has 20 heavy (non-hydrogen) atoms. The third-order valence-electron chi connectivity index (χ3n) is 3.25. The Hall–Kier alpha value is -1.90. The normalized spacial score (nSPS) is 18.2. The first-order chi connectivity index (χ1) is 9.75. The number of hydrogen-bond donors (Lipinski definition) is 0. The van der Waals surface area contributed by atoms with Crippen molar-refractivity contribution in [2.75, 3.05) is 4.90 Å². The molecule has 0 bridgehead atoms. The van der Waals surface area contributed by atoms with Crippen LogP contribution in [0.5, 0.6) is 0 Å². The molecule has 1 aliphatic heterocycles. The zero-order valence-corrected chi connectivity index (χ0v) is 12.5. The standard InChI is InChI=1S/C16H13N2OSe/c19-15-14(11-12-7-3-1-4-8-12)17-16(20)18(15)13-9-5-2-6-10-13/h1-10,14H,11H2. The molecule has 99 valence electrons. The van der Waals surface area contributed by atoms with Crippen molar-refractivity contribution in [2.45, 2.75) is 12.5 Å². The van der Waals surface area contributed by atoms with Crippen LogP contribution in [0.25, 0.3) is 0 Å². The molecule has 2 aromatic carbocycles. The van der Waals surface area contributed by atoms with E-state index in [1.165, 1.54) is 0 Å². The average Bonchev–Trinajstić information content (AvgIpc) is 2.75. The van der Waals surface area contributed by atoms with Gasteiger partial charge >= 0.3 is 126 Å². The number of rotatable bonds is 3. The van der Waals surface area contributed by atoms with Crippen molar-refractivity contribution in [1.29, 1.82) is 0 Å². The predicted molar refractivity (Wildman–Crippen MR) is 81.1 cm³/mol. The van der Waals surface area contributed by atoms with Crippen LogP contribution >= 0.6 is 0 Å². The Morgan fingerprint density at radius 3 is 2.25 bits per heavy atom. The van der Waals surface area contributed by atoms with Gasteiger partial charge < -0.3 is 0 Å². The van der Waals surface area contributed by atoms with Gasteiger partial charge in [-0.15, -0.1) is 0 Å². The van der Waals surface area contributed by atoms with Gasteiger partial charge in [0, 0.05) is 0 Å². The van der Waals surface area contributed by atoms with Gasteiger partial charge in [-0.3, -0.25) is 0 Å². The molecule has 0 N–H and O–H groups in total. The first-order valence-corrected chi connectivity index (χ1v) is 7.29. The van der Waals surface area contributed by atoms with E-state index < -0.39 is 0 Å². The van der Waals surface area contributed by atoms with Crippen molar-refractivity contribution < 1.29 is 4.79 Å². The molecule has 0 aromatic heterocycles. The molecule has 1 heterocycles. The van der Waals surface area contributed by atoms with Crippen molar-refractivity contribution in [3.63, 3.8) is 0 Å². The fourth-order valence-corrected chi connectivity index (χ4v) is 2.95. The number of amidine groups is 1. The van der Waals surface area contributed by atoms with E-state index in [0.717, 1.165) is 11.3 Å². The second-order valence-corrected chi connectivity index (χ2v) is 5.39. The molecular formula is C16H13N2OSe. The van der Waals surface area contributed by atoms with Crippen LogP contribution in [0.3, 0.4) is 0 Å². The number of aliphatic imine (C=N–C) groups is 1. The molecule has 2 aromatic rings. The maximum absolute atomic E-state index is 12.5. The van der Waals surface area contributed by atoms with Crippen molar-refractivity contribution >= 4 is 32.3 Å². The van der Waals surface area contributed by atoms with Crippen molar-refractivity contribution in [1.82, 2.24) is 0 Å². The van der Waals surface area contributed by atoms with Crippen molar-refractivity contribution in [3.05, 3.63) is 66.2 Å². The molecule has 1 unspecified atom stereocenters. The van der Waals surface area contributed by atoms with E-state index in [0.29, 0.717) is 11.2 Å². The van der Waals surface area contributed by atoms with Gasteiger partial charge in [0.1, 0.15) is 0 Å². The summed E-state index contributed by atoms with van der Waals surface area (Å²) in [4.78, 5) is 18.6. The topological polar surface area (TPSA) is 32.7 Å².